The van der Waals surface area contributed by atoms with Gasteiger partial charge in [-0.3, -0.25) is 9.59 Å². The molecule has 0 bridgehead atoms. The summed E-state index contributed by atoms with van der Waals surface area (Å²) in [5, 5.41) is 5.00. The normalized spacial score (nSPS) is 15.8. The molecular formula is C14H17N3O2S. The van der Waals surface area contributed by atoms with E-state index in [9.17, 15) is 9.59 Å². The van der Waals surface area contributed by atoms with Gasteiger partial charge in [-0.15, -0.1) is 0 Å². The summed E-state index contributed by atoms with van der Waals surface area (Å²) in [5.74, 6) is -1.60. The van der Waals surface area contributed by atoms with E-state index in [4.69, 9.17) is 12.2 Å². The van der Waals surface area contributed by atoms with E-state index in [-0.39, 0.29) is 16.9 Å². The number of rotatable bonds is 4. The number of hydrogen-bond acceptors (Lipinski definition) is 4. The van der Waals surface area contributed by atoms with Gasteiger partial charge in [0.25, 0.3) is 0 Å². The third-order valence-electron chi connectivity index (χ3n) is 3.35. The Kier molecular flexibility index (Phi) is 4.34. The summed E-state index contributed by atoms with van der Waals surface area (Å²) in [5.41, 5.74) is 1.74. The van der Waals surface area contributed by atoms with Crippen LogP contribution >= 0.6 is 12.2 Å². The number of hydrogen-bond donors (Lipinski definition) is 2. The van der Waals surface area contributed by atoms with E-state index in [0.29, 0.717) is 5.56 Å². The van der Waals surface area contributed by atoms with Crippen molar-refractivity contribution in [2.75, 3.05) is 18.0 Å². The summed E-state index contributed by atoms with van der Waals surface area (Å²) in [6, 6.07) is 7.48. The Hall–Kier alpha value is -1.95. The highest BCUT2D eigenvalue weighted by atomic mass is 32.1. The molecule has 2 amide bonds. The number of anilines is 1. The monoisotopic (exact) mass is 291 g/mol. The molecule has 20 heavy (non-hydrogen) atoms. The highest BCUT2D eigenvalue weighted by Gasteiger charge is 2.33. The predicted octanol–water partition coefficient (Wildman–Crippen LogP) is 1.15. The standard InChI is InChI=1S/C14H17N3O2S/c1-3-17(4-2)10-7-5-9(6-8-10)11-12(18)15-14(20)16-13(11)19/h5-8,11H,3-4H2,1-2H3,(H2,15,16,18,19,20). The first kappa shape index (κ1) is 14.5. The molecule has 0 unspecified atom stereocenters. The molecule has 0 aromatic heterocycles. The lowest BCUT2D eigenvalue weighted by atomic mass is 9.96. The second-order valence-corrected chi connectivity index (χ2v) is 4.91. The molecule has 2 N–H and O–H groups in total. The molecule has 1 heterocycles. The second-order valence-electron chi connectivity index (χ2n) is 4.50. The topological polar surface area (TPSA) is 61.4 Å². The Morgan fingerprint density at radius 1 is 1.05 bits per heavy atom. The van der Waals surface area contributed by atoms with Crippen molar-refractivity contribution in [3.63, 3.8) is 0 Å². The van der Waals surface area contributed by atoms with Crippen LogP contribution in [0.4, 0.5) is 5.69 Å². The van der Waals surface area contributed by atoms with Gasteiger partial charge in [0.05, 0.1) is 0 Å². The molecule has 0 atom stereocenters. The van der Waals surface area contributed by atoms with Gasteiger partial charge in [-0.1, -0.05) is 12.1 Å². The van der Waals surface area contributed by atoms with Gasteiger partial charge in [0.2, 0.25) is 11.8 Å². The lowest BCUT2D eigenvalue weighted by Gasteiger charge is -2.24. The number of amides is 2. The molecule has 1 aromatic rings. The summed E-state index contributed by atoms with van der Waals surface area (Å²) in [6.45, 7) is 5.99. The summed E-state index contributed by atoms with van der Waals surface area (Å²) < 4.78 is 0. The molecule has 0 radical (unpaired) electrons. The van der Waals surface area contributed by atoms with Crippen molar-refractivity contribution in [3.05, 3.63) is 29.8 Å². The Morgan fingerprint density at radius 3 is 2.00 bits per heavy atom. The zero-order valence-corrected chi connectivity index (χ0v) is 12.3. The van der Waals surface area contributed by atoms with Gasteiger partial charge in [-0.25, -0.2) is 0 Å². The van der Waals surface area contributed by atoms with Crippen molar-refractivity contribution in [1.29, 1.82) is 0 Å². The SMILES string of the molecule is CCN(CC)c1ccc(C2C(=O)NC(=S)NC2=O)cc1. The fourth-order valence-electron chi connectivity index (χ4n) is 2.29. The average Bonchev–Trinajstić information content (AvgIpc) is 2.40. The van der Waals surface area contributed by atoms with Crippen LogP contribution in [0.2, 0.25) is 0 Å². The zero-order valence-electron chi connectivity index (χ0n) is 11.5. The van der Waals surface area contributed by atoms with Crippen LogP contribution in [-0.4, -0.2) is 30.0 Å². The first-order chi connectivity index (χ1) is 9.56. The van der Waals surface area contributed by atoms with Gasteiger partial charge in [0.1, 0.15) is 5.92 Å². The molecular weight excluding hydrogens is 274 g/mol. The number of carbonyl (C=O) groups excluding carboxylic acids is 2. The minimum Gasteiger partial charge on any atom is -0.372 e. The van der Waals surface area contributed by atoms with Crippen LogP contribution in [0.15, 0.2) is 24.3 Å². The maximum Gasteiger partial charge on any atom is 0.243 e. The minimum absolute atomic E-state index is 0.0658. The van der Waals surface area contributed by atoms with Crippen molar-refractivity contribution in [3.8, 4) is 0 Å². The van der Waals surface area contributed by atoms with E-state index in [0.717, 1.165) is 18.8 Å². The highest BCUT2D eigenvalue weighted by molar-refractivity contribution is 7.80. The van der Waals surface area contributed by atoms with Crippen molar-refractivity contribution in [2.45, 2.75) is 19.8 Å². The molecule has 0 spiro atoms. The number of nitrogens with zero attached hydrogens (tertiary/aromatic N) is 1. The van der Waals surface area contributed by atoms with E-state index < -0.39 is 5.92 Å². The molecule has 0 aliphatic carbocycles. The summed E-state index contributed by atoms with van der Waals surface area (Å²) in [6.07, 6.45) is 0. The maximum absolute atomic E-state index is 11.9. The molecule has 6 heteroatoms. The highest BCUT2D eigenvalue weighted by Crippen LogP contribution is 2.22. The molecule has 1 aromatic carbocycles. The average molecular weight is 291 g/mol. The minimum atomic E-state index is -0.840. The second kappa shape index (κ2) is 6.00. The van der Waals surface area contributed by atoms with Gasteiger partial charge in [0, 0.05) is 18.8 Å². The molecule has 2 rings (SSSR count). The van der Waals surface area contributed by atoms with E-state index in [2.05, 4.69) is 29.4 Å². The Balaban J connectivity index is 2.23. The summed E-state index contributed by atoms with van der Waals surface area (Å²) in [7, 11) is 0. The van der Waals surface area contributed by atoms with Gasteiger partial charge in [0.15, 0.2) is 5.11 Å². The Labute approximate surface area is 123 Å². The van der Waals surface area contributed by atoms with Gasteiger partial charge in [-0.05, 0) is 43.8 Å². The van der Waals surface area contributed by atoms with Crippen molar-refractivity contribution in [2.24, 2.45) is 0 Å². The van der Waals surface area contributed by atoms with Crippen molar-refractivity contribution < 1.29 is 9.59 Å². The van der Waals surface area contributed by atoms with Gasteiger partial charge in [-0.2, -0.15) is 0 Å². The fourth-order valence-corrected chi connectivity index (χ4v) is 2.49. The first-order valence-corrected chi connectivity index (χ1v) is 6.98. The molecule has 5 nitrogen and oxygen atoms in total. The van der Waals surface area contributed by atoms with Crippen LogP contribution in [0.3, 0.4) is 0 Å². The van der Waals surface area contributed by atoms with Crippen molar-refractivity contribution in [1.82, 2.24) is 10.6 Å². The maximum atomic E-state index is 11.9. The Bertz CT molecular complexity index is 518. The first-order valence-electron chi connectivity index (χ1n) is 6.57. The third kappa shape index (κ3) is 2.80. The largest absolute Gasteiger partial charge is 0.372 e. The molecule has 1 saturated heterocycles. The lowest BCUT2D eigenvalue weighted by Crippen LogP contribution is -2.54. The molecule has 1 aliphatic heterocycles. The molecule has 1 aliphatic rings. The Morgan fingerprint density at radius 2 is 1.55 bits per heavy atom. The number of thiocarbonyl (C=S) groups is 1. The number of carbonyl (C=O) groups is 2. The quantitative estimate of drug-likeness (QED) is 0.645. The van der Waals surface area contributed by atoms with E-state index in [1.165, 1.54) is 0 Å². The number of benzene rings is 1. The van der Waals surface area contributed by atoms with Crippen LogP contribution in [-0.2, 0) is 9.59 Å². The smallest absolute Gasteiger partial charge is 0.243 e. The van der Waals surface area contributed by atoms with Gasteiger partial charge < -0.3 is 15.5 Å². The van der Waals surface area contributed by atoms with Crippen LogP contribution in [0, 0.1) is 0 Å². The summed E-state index contributed by atoms with van der Waals surface area (Å²) >= 11 is 4.78. The number of nitrogens with one attached hydrogen (secondary N) is 2. The van der Waals surface area contributed by atoms with E-state index in [1.807, 2.05) is 24.3 Å². The summed E-state index contributed by atoms with van der Waals surface area (Å²) in [4.78, 5) is 25.9. The molecule has 0 saturated carbocycles. The fraction of sp³-hybridized carbons (Fsp3) is 0.357. The third-order valence-corrected chi connectivity index (χ3v) is 3.56. The molecule has 1 fully saturated rings. The van der Waals surface area contributed by atoms with Crippen LogP contribution in [0.1, 0.15) is 25.3 Å². The predicted molar refractivity (Wildman–Crippen MR) is 81.6 cm³/mol. The molecule has 106 valence electrons. The van der Waals surface area contributed by atoms with E-state index in [1.54, 1.807) is 0 Å². The van der Waals surface area contributed by atoms with Crippen LogP contribution < -0.4 is 15.5 Å². The zero-order chi connectivity index (χ0) is 14.7. The van der Waals surface area contributed by atoms with Crippen LogP contribution in [0.5, 0.6) is 0 Å². The van der Waals surface area contributed by atoms with E-state index >= 15 is 0 Å². The van der Waals surface area contributed by atoms with Gasteiger partial charge >= 0.3 is 0 Å². The lowest BCUT2D eigenvalue weighted by molar-refractivity contribution is -0.131. The van der Waals surface area contributed by atoms with Crippen LogP contribution in [0.25, 0.3) is 0 Å². The van der Waals surface area contributed by atoms with Crippen molar-refractivity contribution >= 4 is 34.8 Å².